The maximum atomic E-state index is 12.3. The average molecular weight is 411 g/mol. The molecule has 0 aromatic heterocycles. The van der Waals surface area contributed by atoms with E-state index in [1.54, 1.807) is 66.7 Å². The third-order valence-corrected chi connectivity index (χ3v) is 4.23. The molecule has 0 amide bonds. The normalized spacial score (nSPS) is 10.2. The van der Waals surface area contributed by atoms with Gasteiger partial charge in [0.05, 0.1) is 11.1 Å². The van der Waals surface area contributed by atoms with Crippen molar-refractivity contribution in [1.29, 1.82) is 0 Å². The molecule has 4 nitrogen and oxygen atoms in total. The maximum absolute atomic E-state index is 12.3. The van der Waals surface area contributed by atoms with Crippen molar-refractivity contribution < 1.29 is 19.1 Å². The van der Waals surface area contributed by atoms with Crippen LogP contribution in [0.1, 0.15) is 26.3 Å². The molecule has 0 unspecified atom stereocenters. The molecule has 0 spiro atoms. The lowest BCUT2D eigenvalue weighted by atomic mass is 10.2. The molecule has 5 heteroatoms. The third-order valence-electron chi connectivity index (χ3n) is 3.59. The lowest BCUT2D eigenvalue weighted by molar-refractivity contribution is 0.0682. The van der Waals surface area contributed by atoms with Gasteiger partial charge in [0.2, 0.25) is 0 Å². The Hall–Kier alpha value is -2.92. The van der Waals surface area contributed by atoms with Crippen molar-refractivity contribution in [1.82, 2.24) is 0 Å². The second-order valence-corrected chi connectivity index (χ2v) is 5.99. The predicted molar refractivity (Wildman–Crippen MR) is 102 cm³/mol. The van der Waals surface area contributed by atoms with Crippen LogP contribution in [0.2, 0.25) is 0 Å². The van der Waals surface area contributed by atoms with Gasteiger partial charge in [-0.15, -0.1) is 0 Å². The number of carbonyl (C=O) groups excluding carboxylic acids is 2. The number of carbonyl (C=O) groups is 2. The molecule has 0 bridgehead atoms. The minimum atomic E-state index is -0.519. The summed E-state index contributed by atoms with van der Waals surface area (Å²) in [4.78, 5) is 24.7. The molecular weight excluding hydrogens is 396 g/mol. The highest BCUT2D eigenvalue weighted by Gasteiger charge is 2.16. The van der Waals surface area contributed by atoms with E-state index < -0.39 is 11.9 Å². The Morgan fingerprint density at radius 2 is 1.19 bits per heavy atom. The van der Waals surface area contributed by atoms with Crippen molar-refractivity contribution in [3.05, 3.63) is 95.6 Å². The average Bonchev–Trinajstić information content (AvgIpc) is 2.70. The van der Waals surface area contributed by atoms with Gasteiger partial charge in [0.1, 0.15) is 0 Å². The van der Waals surface area contributed by atoms with Gasteiger partial charge in [-0.3, -0.25) is 0 Å². The molecule has 3 aromatic carbocycles. The smallest absolute Gasteiger partial charge is 0.343 e. The molecule has 0 atom stereocenters. The highest BCUT2D eigenvalue weighted by molar-refractivity contribution is 9.08. The highest BCUT2D eigenvalue weighted by Crippen LogP contribution is 2.30. The summed E-state index contributed by atoms with van der Waals surface area (Å²) >= 11 is 3.37. The summed E-state index contributed by atoms with van der Waals surface area (Å²) in [6, 6.07) is 22.3. The summed E-state index contributed by atoms with van der Waals surface area (Å²) in [5, 5.41) is 0.579. The largest absolute Gasteiger partial charge is 0.419 e. The van der Waals surface area contributed by atoms with Crippen LogP contribution >= 0.6 is 15.9 Å². The molecule has 0 heterocycles. The standard InChI is InChI=1S/C21H15BrO4/c22-14-15-11-12-18(25-20(23)16-7-3-1-4-8-16)19(13-15)26-21(24)17-9-5-2-6-10-17/h1-13H,14H2. The number of ether oxygens (including phenoxy) is 2. The van der Waals surface area contributed by atoms with Crippen molar-refractivity contribution in [3.63, 3.8) is 0 Å². The quantitative estimate of drug-likeness (QED) is 0.336. The second-order valence-electron chi connectivity index (χ2n) is 5.43. The Morgan fingerprint density at radius 3 is 1.69 bits per heavy atom. The summed E-state index contributed by atoms with van der Waals surface area (Å²) in [5.41, 5.74) is 1.72. The zero-order valence-corrected chi connectivity index (χ0v) is 15.3. The summed E-state index contributed by atoms with van der Waals surface area (Å²) in [6.45, 7) is 0. The summed E-state index contributed by atoms with van der Waals surface area (Å²) in [6.07, 6.45) is 0. The molecule has 26 heavy (non-hydrogen) atoms. The van der Waals surface area contributed by atoms with E-state index in [-0.39, 0.29) is 11.5 Å². The van der Waals surface area contributed by atoms with Gasteiger partial charge in [-0.1, -0.05) is 58.4 Å². The van der Waals surface area contributed by atoms with Gasteiger partial charge in [-0.2, -0.15) is 0 Å². The van der Waals surface area contributed by atoms with Crippen molar-refractivity contribution >= 4 is 27.9 Å². The van der Waals surface area contributed by atoms with Crippen molar-refractivity contribution in [3.8, 4) is 11.5 Å². The lowest BCUT2D eigenvalue weighted by Crippen LogP contribution is -2.12. The van der Waals surface area contributed by atoms with E-state index in [0.29, 0.717) is 16.5 Å². The third kappa shape index (κ3) is 4.37. The van der Waals surface area contributed by atoms with Gasteiger partial charge >= 0.3 is 11.9 Å². The van der Waals surface area contributed by atoms with Crippen LogP contribution in [0.5, 0.6) is 11.5 Å². The summed E-state index contributed by atoms with van der Waals surface area (Å²) in [5.74, 6) is -0.656. The zero-order chi connectivity index (χ0) is 18.4. The van der Waals surface area contributed by atoms with Gasteiger partial charge < -0.3 is 9.47 Å². The van der Waals surface area contributed by atoms with Gasteiger partial charge in [0.15, 0.2) is 11.5 Å². The molecule has 0 saturated carbocycles. The van der Waals surface area contributed by atoms with E-state index in [0.717, 1.165) is 5.56 Å². The van der Waals surface area contributed by atoms with Crippen LogP contribution in [-0.2, 0) is 5.33 Å². The van der Waals surface area contributed by atoms with Crippen LogP contribution in [-0.4, -0.2) is 11.9 Å². The van der Waals surface area contributed by atoms with E-state index in [1.165, 1.54) is 0 Å². The van der Waals surface area contributed by atoms with E-state index in [9.17, 15) is 9.59 Å². The van der Waals surface area contributed by atoms with E-state index >= 15 is 0 Å². The number of alkyl halides is 1. The molecule has 0 radical (unpaired) electrons. The SMILES string of the molecule is O=C(Oc1ccc(CBr)cc1OC(=O)c1ccccc1)c1ccccc1. The molecule has 0 saturated heterocycles. The van der Waals surface area contributed by atoms with Gasteiger partial charge in [0.25, 0.3) is 0 Å². The lowest BCUT2D eigenvalue weighted by Gasteiger charge is -2.12. The summed E-state index contributed by atoms with van der Waals surface area (Å²) < 4.78 is 10.9. The van der Waals surface area contributed by atoms with Gasteiger partial charge in [0, 0.05) is 5.33 Å². The topological polar surface area (TPSA) is 52.6 Å². The molecule has 3 aromatic rings. The van der Waals surface area contributed by atoms with Crippen LogP contribution in [0.25, 0.3) is 0 Å². The zero-order valence-electron chi connectivity index (χ0n) is 13.7. The van der Waals surface area contributed by atoms with Crippen LogP contribution in [0.15, 0.2) is 78.9 Å². The van der Waals surface area contributed by atoms with Crippen LogP contribution in [0.4, 0.5) is 0 Å². The van der Waals surface area contributed by atoms with E-state index in [2.05, 4.69) is 15.9 Å². The molecule has 0 aliphatic rings. The molecule has 0 fully saturated rings. The Bertz CT molecular complexity index is 908. The van der Waals surface area contributed by atoms with Crippen molar-refractivity contribution in [2.75, 3.05) is 0 Å². The molecule has 0 aliphatic heterocycles. The first kappa shape index (κ1) is 17.9. The number of hydrogen-bond donors (Lipinski definition) is 0. The number of rotatable bonds is 5. The van der Waals surface area contributed by atoms with Crippen LogP contribution in [0, 0.1) is 0 Å². The minimum absolute atomic E-state index is 0.188. The fraction of sp³-hybridized carbons (Fsp3) is 0.0476. The predicted octanol–water partition coefficient (Wildman–Crippen LogP) is 5.02. The Labute approximate surface area is 159 Å². The fourth-order valence-corrected chi connectivity index (χ4v) is 2.61. The first-order chi connectivity index (χ1) is 12.7. The van der Waals surface area contributed by atoms with E-state index in [1.807, 2.05) is 12.1 Å². The second kappa shape index (κ2) is 8.45. The minimum Gasteiger partial charge on any atom is -0.419 e. The fourth-order valence-electron chi connectivity index (χ4n) is 2.27. The first-order valence-corrected chi connectivity index (χ1v) is 9.03. The Kier molecular flexibility index (Phi) is 5.81. The first-order valence-electron chi connectivity index (χ1n) is 7.90. The molecule has 0 aliphatic carbocycles. The maximum Gasteiger partial charge on any atom is 0.343 e. The highest BCUT2D eigenvalue weighted by atomic mass is 79.9. The molecule has 130 valence electrons. The van der Waals surface area contributed by atoms with Crippen LogP contribution in [0.3, 0.4) is 0 Å². The van der Waals surface area contributed by atoms with Gasteiger partial charge in [-0.25, -0.2) is 9.59 Å². The summed E-state index contributed by atoms with van der Waals surface area (Å²) in [7, 11) is 0. The van der Waals surface area contributed by atoms with Gasteiger partial charge in [-0.05, 0) is 42.0 Å². The molecular formula is C21H15BrO4. The number of hydrogen-bond acceptors (Lipinski definition) is 4. The molecule has 3 rings (SSSR count). The van der Waals surface area contributed by atoms with Crippen molar-refractivity contribution in [2.45, 2.75) is 5.33 Å². The number of benzene rings is 3. The number of esters is 2. The van der Waals surface area contributed by atoms with Crippen LogP contribution < -0.4 is 9.47 Å². The Morgan fingerprint density at radius 1 is 0.692 bits per heavy atom. The monoisotopic (exact) mass is 410 g/mol. The van der Waals surface area contributed by atoms with E-state index in [4.69, 9.17) is 9.47 Å². The molecule has 0 N–H and O–H groups in total. The number of halogens is 1. The Balaban J connectivity index is 1.86. The van der Waals surface area contributed by atoms with Crippen molar-refractivity contribution in [2.24, 2.45) is 0 Å².